The van der Waals surface area contributed by atoms with Crippen molar-refractivity contribution in [1.29, 1.82) is 0 Å². The van der Waals surface area contributed by atoms with Crippen LogP contribution in [0.25, 0.3) is 0 Å². The first-order valence-corrected chi connectivity index (χ1v) is 9.14. The molecule has 2 nitrogen and oxygen atoms in total. The van der Waals surface area contributed by atoms with Crippen molar-refractivity contribution in [3.8, 4) is 0 Å². The number of allylic oxidation sites excluding steroid dienone is 3. The van der Waals surface area contributed by atoms with Crippen LogP contribution in [0.1, 0.15) is 67.2 Å². The molecule has 0 saturated heterocycles. The molecule has 2 heteroatoms. The van der Waals surface area contributed by atoms with E-state index in [0.29, 0.717) is 6.04 Å². The zero-order chi connectivity index (χ0) is 17.7. The monoisotopic (exact) mass is 318 g/mol. The van der Waals surface area contributed by atoms with Crippen LogP contribution in [0.3, 0.4) is 0 Å². The highest BCUT2D eigenvalue weighted by molar-refractivity contribution is 5.33. The number of rotatable bonds is 8. The van der Waals surface area contributed by atoms with Crippen LogP contribution in [0.15, 0.2) is 36.1 Å². The Morgan fingerprint density at radius 2 is 1.87 bits per heavy atom. The second kappa shape index (κ2) is 8.19. The van der Waals surface area contributed by atoms with Crippen molar-refractivity contribution in [3.63, 3.8) is 0 Å². The van der Waals surface area contributed by atoms with Gasteiger partial charge < -0.3 is 10.6 Å². The van der Waals surface area contributed by atoms with Crippen LogP contribution < -0.4 is 10.6 Å². The first-order valence-electron chi connectivity index (χ1n) is 9.14. The van der Waals surface area contributed by atoms with Gasteiger partial charge in [0.2, 0.25) is 0 Å². The number of likely N-dealkylation sites (N-methyl/N-ethyl adjacent to an activating group) is 1. The van der Waals surface area contributed by atoms with Crippen molar-refractivity contribution in [2.24, 2.45) is 10.8 Å². The summed E-state index contributed by atoms with van der Waals surface area (Å²) in [5.74, 6) is 0. The third-order valence-electron chi connectivity index (χ3n) is 5.08. The lowest BCUT2D eigenvalue weighted by Crippen LogP contribution is -2.50. The predicted molar refractivity (Wildman–Crippen MR) is 104 cm³/mol. The Kier molecular flexibility index (Phi) is 7.13. The van der Waals surface area contributed by atoms with Crippen LogP contribution in [0.4, 0.5) is 0 Å². The number of hydrogen-bond donors (Lipinski definition) is 2. The van der Waals surface area contributed by atoms with Gasteiger partial charge in [0.1, 0.15) is 0 Å². The lowest BCUT2D eigenvalue weighted by molar-refractivity contribution is 0.248. The molecule has 0 aromatic carbocycles. The van der Waals surface area contributed by atoms with Gasteiger partial charge in [-0.25, -0.2) is 0 Å². The molecule has 0 heterocycles. The van der Waals surface area contributed by atoms with E-state index in [9.17, 15) is 0 Å². The molecule has 23 heavy (non-hydrogen) atoms. The van der Waals surface area contributed by atoms with E-state index in [0.717, 1.165) is 18.5 Å². The maximum absolute atomic E-state index is 4.40. The zero-order valence-electron chi connectivity index (χ0n) is 16.4. The van der Waals surface area contributed by atoms with Crippen LogP contribution in [0.2, 0.25) is 0 Å². The average molecular weight is 319 g/mol. The summed E-state index contributed by atoms with van der Waals surface area (Å²) in [6.45, 7) is 18.2. The van der Waals surface area contributed by atoms with E-state index in [4.69, 9.17) is 0 Å². The Hall–Kier alpha value is -1.02. The average Bonchev–Trinajstić information content (AvgIpc) is 2.47. The van der Waals surface area contributed by atoms with Gasteiger partial charge >= 0.3 is 0 Å². The molecule has 0 aliphatic heterocycles. The maximum atomic E-state index is 4.40. The summed E-state index contributed by atoms with van der Waals surface area (Å²) in [6, 6.07) is 0.653. The minimum Gasteiger partial charge on any atom is -0.384 e. The maximum Gasteiger partial charge on any atom is 0.0553 e. The summed E-state index contributed by atoms with van der Waals surface area (Å²) in [7, 11) is 2.04. The standard InChI is InChI=1S/C21H38N2/c1-9-13-18(20(3,4)5)23-16(2)19(22-8)21(6,7)17-14-11-10-12-15-17/h11,14-15,18-19,22-23H,2,9-10,12-13H2,1,3-8H3. The van der Waals surface area contributed by atoms with Crippen LogP contribution in [-0.2, 0) is 0 Å². The van der Waals surface area contributed by atoms with Crippen molar-refractivity contribution in [2.75, 3.05) is 7.05 Å². The van der Waals surface area contributed by atoms with E-state index < -0.39 is 0 Å². The molecule has 0 aromatic rings. The molecule has 0 bridgehead atoms. The van der Waals surface area contributed by atoms with E-state index in [-0.39, 0.29) is 16.9 Å². The van der Waals surface area contributed by atoms with Gasteiger partial charge in [0.05, 0.1) is 6.04 Å². The highest BCUT2D eigenvalue weighted by Gasteiger charge is 2.35. The minimum atomic E-state index is 0.0183. The molecule has 0 radical (unpaired) electrons. The van der Waals surface area contributed by atoms with Gasteiger partial charge in [-0.3, -0.25) is 0 Å². The highest BCUT2D eigenvalue weighted by atomic mass is 15.0. The predicted octanol–water partition coefficient (Wildman–Crippen LogP) is 5.20. The molecule has 1 aliphatic rings. The van der Waals surface area contributed by atoms with E-state index in [1.807, 2.05) is 7.05 Å². The topological polar surface area (TPSA) is 24.1 Å². The second-order valence-corrected chi connectivity index (χ2v) is 8.46. The fourth-order valence-electron chi connectivity index (χ4n) is 3.55. The summed E-state index contributed by atoms with van der Waals surface area (Å²) < 4.78 is 0. The van der Waals surface area contributed by atoms with Crippen LogP contribution in [0.5, 0.6) is 0 Å². The Morgan fingerprint density at radius 1 is 1.22 bits per heavy atom. The summed E-state index contributed by atoms with van der Waals surface area (Å²) in [5, 5.41) is 7.25. The van der Waals surface area contributed by atoms with Crippen molar-refractivity contribution in [2.45, 2.75) is 79.3 Å². The fraction of sp³-hybridized carbons (Fsp3) is 0.714. The molecule has 0 spiro atoms. The molecule has 0 saturated carbocycles. The Balaban J connectivity index is 2.93. The Morgan fingerprint density at radius 3 is 2.30 bits per heavy atom. The largest absolute Gasteiger partial charge is 0.384 e. The molecule has 0 fully saturated rings. The van der Waals surface area contributed by atoms with Crippen molar-refractivity contribution in [3.05, 3.63) is 36.1 Å². The highest BCUT2D eigenvalue weighted by Crippen LogP contribution is 2.36. The minimum absolute atomic E-state index is 0.0183. The fourth-order valence-corrected chi connectivity index (χ4v) is 3.55. The van der Waals surface area contributed by atoms with Gasteiger partial charge in [0.15, 0.2) is 0 Å². The lowest BCUT2D eigenvalue weighted by atomic mass is 9.74. The normalized spacial score (nSPS) is 18.3. The third-order valence-corrected chi connectivity index (χ3v) is 5.08. The van der Waals surface area contributed by atoms with Crippen LogP contribution in [0, 0.1) is 10.8 Å². The van der Waals surface area contributed by atoms with Gasteiger partial charge in [-0.05, 0) is 37.3 Å². The quantitative estimate of drug-likeness (QED) is 0.643. The number of hydrogen-bond acceptors (Lipinski definition) is 2. The summed E-state index contributed by atoms with van der Waals surface area (Å²) >= 11 is 0. The molecule has 1 rings (SSSR count). The van der Waals surface area contributed by atoms with E-state index in [1.54, 1.807) is 0 Å². The molecule has 0 aromatic heterocycles. The Labute approximate surface area is 144 Å². The van der Waals surface area contributed by atoms with Crippen LogP contribution >= 0.6 is 0 Å². The van der Waals surface area contributed by atoms with E-state index in [1.165, 1.54) is 18.4 Å². The van der Waals surface area contributed by atoms with E-state index in [2.05, 4.69) is 77.0 Å². The molecule has 2 N–H and O–H groups in total. The summed E-state index contributed by atoms with van der Waals surface area (Å²) in [5.41, 5.74) is 2.76. The summed E-state index contributed by atoms with van der Waals surface area (Å²) in [4.78, 5) is 0. The lowest BCUT2D eigenvalue weighted by Gasteiger charge is -2.41. The molecule has 1 aliphatic carbocycles. The first-order chi connectivity index (χ1) is 10.6. The van der Waals surface area contributed by atoms with Gasteiger partial charge in [-0.15, -0.1) is 0 Å². The van der Waals surface area contributed by atoms with Gasteiger partial charge in [0.25, 0.3) is 0 Å². The first kappa shape index (κ1) is 20.0. The second-order valence-electron chi connectivity index (χ2n) is 8.46. The smallest absolute Gasteiger partial charge is 0.0553 e. The van der Waals surface area contributed by atoms with E-state index >= 15 is 0 Å². The molecule has 132 valence electrons. The van der Waals surface area contributed by atoms with Crippen molar-refractivity contribution < 1.29 is 0 Å². The molecule has 0 amide bonds. The number of nitrogens with one attached hydrogen (secondary N) is 2. The van der Waals surface area contributed by atoms with Crippen molar-refractivity contribution in [1.82, 2.24) is 10.6 Å². The Bertz CT molecular complexity index is 449. The summed E-state index contributed by atoms with van der Waals surface area (Å²) in [6.07, 6.45) is 11.6. The van der Waals surface area contributed by atoms with Gasteiger partial charge in [-0.1, -0.05) is 72.8 Å². The molecule has 2 unspecified atom stereocenters. The van der Waals surface area contributed by atoms with Crippen LogP contribution in [-0.4, -0.2) is 19.1 Å². The van der Waals surface area contributed by atoms with Gasteiger partial charge in [-0.2, -0.15) is 0 Å². The van der Waals surface area contributed by atoms with Gasteiger partial charge in [0, 0.05) is 17.2 Å². The van der Waals surface area contributed by atoms with Crippen molar-refractivity contribution >= 4 is 0 Å². The molecular formula is C21H38N2. The zero-order valence-corrected chi connectivity index (χ0v) is 16.4. The SMILES string of the molecule is C=C(NC(CCC)C(C)(C)C)C(NC)C(C)(C)C1=CCCC=C1. The third kappa shape index (κ3) is 5.24. The molecular weight excluding hydrogens is 280 g/mol. The molecule has 2 atom stereocenters.